The first kappa shape index (κ1) is 15.1. The Morgan fingerprint density at radius 2 is 2.00 bits per heavy atom. The summed E-state index contributed by atoms with van der Waals surface area (Å²) in [5.41, 5.74) is 1.33. The Hall–Kier alpha value is -2.27. The Bertz CT molecular complexity index is 630. The molecule has 0 radical (unpaired) electrons. The lowest BCUT2D eigenvalue weighted by molar-refractivity contribution is -0.136. The summed E-state index contributed by atoms with van der Waals surface area (Å²) in [5.74, 6) is -0.796. The predicted octanol–water partition coefficient (Wildman–Crippen LogP) is 3.18. The van der Waals surface area contributed by atoms with Crippen molar-refractivity contribution in [2.75, 3.05) is 12.9 Å². The molecule has 0 saturated carbocycles. The van der Waals surface area contributed by atoms with Gasteiger partial charge in [0.05, 0.1) is 5.69 Å². The maximum atomic E-state index is 11.6. The van der Waals surface area contributed by atoms with E-state index in [0.29, 0.717) is 5.69 Å². The molecule has 1 heterocycles. The van der Waals surface area contributed by atoms with Crippen LogP contribution in [0.25, 0.3) is 6.08 Å². The van der Waals surface area contributed by atoms with Crippen molar-refractivity contribution in [3.05, 3.63) is 59.9 Å². The molecule has 108 valence electrons. The van der Waals surface area contributed by atoms with E-state index in [4.69, 9.17) is 4.74 Å². The third-order valence-corrected chi connectivity index (χ3v) is 3.52. The fourth-order valence-corrected chi connectivity index (χ4v) is 2.05. The van der Waals surface area contributed by atoms with Crippen molar-refractivity contribution in [1.29, 1.82) is 0 Å². The van der Waals surface area contributed by atoms with E-state index in [1.807, 2.05) is 30.5 Å². The van der Waals surface area contributed by atoms with Crippen LogP contribution < -0.4 is 0 Å². The minimum absolute atomic E-state index is 0.258. The van der Waals surface area contributed by atoms with Crippen LogP contribution >= 0.6 is 11.8 Å². The van der Waals surface area contributed by atoms with Gasteiger partial charge in [-0.3, -0.25) is 4.79 Å². The number of H-pyrrole nitrogens is 1. The van der Waals surface area contributed by atoms with Crippen LogP contribution in [0.15, 0.2) is 53.6 Å². The molecule has 0 aliphatic carbocycles. The van der Waals surface area contributed by atoms with Crippen molar-refractivity contribution in [3.8, 4) is 0 Å². The van der Waals surface area contributed by atoms with Gasteiger partial charge in [0.1, 0.15) is 0 Å². The third-order valence-electron chi connectivity index (χ3n) is 2.77. The molecule has 0 saturated heterocycles. The molecule has 0 aliphatic heterocycles. The minimum atomic E-state index is -0.538. The number of carbonyl (C=O) groups excluding carboxylic acids is 2. The Balaban J connectivity index is 1.83. The Morgan fingerprint density at radius 1 is 1.24 bits per heavy atom. The van der Waals surface area contributed by atoms with E-state index >= 15 is 0 Å². The molecule has 0 bridgehead atoms. The molecule has 1 aromatic carbocycles. The van der Waals surface area contributed by atoms with Gasteiger partial charge in [-0.05, 0) is 42.2 Å². The Labute approximate surface area is 127 Å². The summed E-state index contributed by atoms with van der Waals surface area (Å²) in [7, 11) is 0. The average molecular weight is 301 g/mol. The average Bonchev–Trinajstić information content (AvgIpc) is 3.05. The molecule has 4 nitrogen and oxygen atoms in total. The van der Waals surface area contributed by atoms with Gasteiger partial charge in [0.25, 0.3) is 0 Å². The minimum Gasteiger partial charge on any atom is -0.454 e. The number of nitrogens with one attached hydrogen (secondary N) is 1. The standard InChI is InChI=1S/C16H15NO3S/c1-21-13-7-4-12(5-8-13)6-9-16(19)20-11-15(18)14-3-2-10-17-14/h2-10,17H,11H2,1H3/b9-6+. The van der Waals surface area contributed by atoms with Crippen molar-refractivity contribution in [3.63, 3.8) is 0 Å². The van der Waals surface area contributed by atoms with Crippen LogP contribution in [0.5, 0.6) is 0 Å². The van der Waals surface area contributed by atoms with Gasteiger partial charge < -0.3 is 9.72 Å². The summed E-state index contributed by atoms with van der Waals surface area (Å²) in [4.78, 5) is 27.1. The molecule has 0 atom stereocenters. The molecule has 0 amide bonds. The van der Waals surface area contributed by atoms with Crippen molar-refractivity contribution in [2.24, 2.45) is 0 Å². The molecular weight excluding hydrogens is 286 g/mol. The van der Waals surface area contributed by atoms with Gasteiger partial charge >= 0.3 is 5.97 Å². The van der Waals surface area contributed by atoms with Gasteiger partial charge in [-0.25, -0.2) is 4.79 Å². The summed E-state index contributed by atoms with van der Waals surface area (Å²) in [6, 6.07) is 11.1. The number of thioether (sulfide) groups is 1. The summed E-state index contributed by atoms with van der Waals surface area (Å²) < 4.78 is 4.89. The number of esters is 1. The van der Waals surface area contributed by atoms with E-state index in [1.54, 1.807) is 36.2 Å². The van der Waals surface area contributed by atoms with E-state index < -0.39 is 5.97 Å². The van der Waals surface area contributed by atoms with E-state index in [9.17, 15) is 9.59 Å². The molecule has 21 heavy (non-hydrogen) atoms. The number of Topliss-reactive ketones (excluding diaryl/α,β-unsaturated/α-hetero) is 1. The highest BCUT2D eigenvalue weighted by molar-refractivity contribution is 7.98. The van der Waals surface area contributed by atoms with Gasteiger partial charge in [0, 0.05) is 17.2 Å². The largest absolute Gasteiger partial charge is 0.454 e. The third kappa shape index (κ3) is 4.65. The molecule has 1 aromatic heterocycles. The van der Waals surface area contributed by atoms with Crippen LogP contribution in [-0.4, -0.2) is 29.6 Å². The van der Waals surface area contributed by atoms with Gasteiger partial charge in [0.2, 0.25) is 5.78 Å². The molecule has 0 fully saturated rings. The fourth-order valence-electron chi connectivity index (χ4n) is 1.65. The van der Waals surface area contributed by atoms with Crippen LogP contribution in [0.2, 0.25) is 0 Å². The van der Waals surface area contributed by atoms with Crippen LogP contribution in [0.3, 0.4) is 0 Å². The smallest absolute Gasteiger partial charge is 0.331 e. The number of hydrogen-bond donors (Lipinski definition) is 1. The van der Waals surface area contributed by atoms with Crippen molar-refractivity contribution < 1.29 is 14.3 Å². The van der Waals surface area contributed by atoms with E-state index in [2.05, 4.69) is 4.98 Å². The number of aromatic nitrogens is 1. The highest BCUT2D eigenvalue weighted by atomic mass is 32.2. The van der Waals surface area contributed by atoms with Crippen LogP contribution in [0.4, 0.5) is 0 Å². The van der Waals surface area contributed by atoms with Crippen LogP contribution in [0.1, 0.15) is 16.1 Å². The van der Waals surface area contributed by atoms with Crippen LogP contribution in [0, 0.1) is 0 Å². The molecule has 0 spiro atoms. The number of hydrogen-bond acceptors (Lipinski definition) is 4. The number of carbonyl (C=O) groups is 2. The topological polar surface area (TPSA) is 59.2 Å². The van der Waals surface area contributed by atoms with E-state index in [1.165, 1.54) is 6.08 Å². The van der Waals surface area contributed by atoms with Crippen molar-refractivity contribution in [2.45, 2.75) is 4.90 Å². The molecular formula is C16H15NO3S. The lowest BCUT2D eigenvalue weighted by Gasteiger charge is -2.00. The Morgan fingerprint density at radius 3 is 2.62 bits per heavy atom. The molecule has 5 heteroatoms. The second kappa shape index (κ2) is 7.50. The van der Waals surface area contributed by atoms with Gasteiger partial charge in [-0.2, -0.15) is 0 Å². The maximum absolute atomic E-state index is 11.6. The quantitative estimate of drug-likeness (QED) is 0.385. The maximum Gasteiger partial charge on any atom is 0.331 e. The van der Waals surface area contributed by atoms with Crippen molar-refractivity contribution >= 4 is 29.6 Å². The van der Waals surface area contributed by atoms with Gasteiger partial charge in [-0.15, -0.1) is 11.8 Å². The summed E-state index contributed by atoms with van der Waals surface area (Å²) in [5, 5.41) is 0. The summed E-state index contributed by atoms with van der Waals surface area (Å²) in [6.07, 6.45) is 6.62. The summed E-state index contributed by atoms with van der Waals surface area (Å²) in [6.45, 7) is -0.269. The molecule has 2 aromatic rings. The SMILES string of the molecule is CSc1ccc(/C=C/C(=O)OCC(=O)c2ccc[nH]2)cc1. The first-order valence-electron chi connectivity index (χ1n) is 6.34. The first-order valence-corrected chi connectivity index (χ1v) is 7.57. The summed E-state index contributed by atoms with van der Waals surface area (Å²) >= 11 is 1.66. The fraction of sp³-hybridized carbons (Fsp3) is 0.125. The van der Waals surface area contributed by atoms with Crippen molar-refractivity contribution in [1.82, 2.24) is 4.98 Å². The molecule has 2 rings (SSSR count). The van der Waals surface area contributed by atoms with Crippen LogP contribution in [-0.2, 0) is 9.53 Å². The first-order chi connectivity index (χ1) is 10.2. The van der Waals surface area contributed by atoms with Gasteiger partial charge in [0.15, 0.2) is 6.61 Å². The van der Waals surface area contributed by atoms with E-state index in [0.717, 1.165) is 10.5 Å². The zero-order valence-electron chi connectivity index (χ0n) is 11.5. The Kier molecular flexibility index (Phi) is 5.40. The second-order valence-electron chi connectivity index (χ2n) is 4.22. The van der Waals surface area contributed by atoms with Gasteiger partial charge in [-0.1, -0.05) is 12.1 Å². The monoisotopic (exact) mass is 301 g/mol. The highest BCUT2D eigenvalue weighted by Gasteiger charge is 2.08. The zero-order valence-corrected chi connectivity index (χ0v) is 12.4. The second-order valence-corrected chi connectivity index (χ2v) is 5.10. The van der Waals surface area contributed by atoms with E-state index in [-0.39, 0.29) is 12.4 Å². The number of rotatable bonds is 6. The zero-order chi connectivity index (χ0) is 15.1. The lowest BCUT2D eigenvalue weighted by Crippen LogP contribution is -2.12. The normalized spacial score (nSPS) is 10.7. The lowest BCUT2D eigenvalue weighted by atomic mass is 10.2. The number of benzene rings is 1. The number of aromatic amines is 1. The highest BCUT2D eigenvalue weighted by Crippen LogP contribution is 2.15. The molecule has 0 unspecified atom stereocenters. The number of ether oxygens (including phenoxy) is 1. The predicted molar refractivity (Wildman–Crippen MR) is 83.3 cm³/mol. The molecule has 1 N–H and O–H groups in total. The molecule has 0 aliphatic rings. The number of ketones is 1.